The van der Waals surface area contributed by atoms with Crippen molar-refractivity contribution >= 4 is 81.9 Å². The second-order valence-electron chi connectivity index (χ2n) is 38.4. The van der Waals surface area contributed by atoms with E-state index in [0.717, 1.165) is 81.5 Å². The number of para-hydroxylation sites is 3. The molecule has 0 spiro atoms. The van der Waals surface area contributed by atoms with Crippen molar-refractivity contribution in [1.29, 1.82) is 0 Å². The second kappa shape index (κ2) is 58.0. The Hall–Kier alpha value is -9.93. The standard InChI is InChI=1S/C22H21F3N2O4.C16H18F3NO2.C15H27NO3Si.C10H17NO3.C10H19NOSi.C9H8BrF3O.C7H11NO.C6H4FNO2.C5H10Si.ClH/c1-2-21(31-18-9-7-17(8-10-18)27(28)29)11-13-26(14-12-21)15-16-30-20-6-4-3-5-19(20)22(23,24)25;1-2-15(21)7-9-20(10-8-15)11-12-22-14-6-4-3-5-13(14)16(17,18)19;1-14(2,3)19-13(17)16-10-7-15(18,8-11-16)9-12-20(4,5)6;1-10(2,3)14-9(13)11-6-4-8(12)5-7-11;1-13(2,3)9-6-10(12)4-7-11-8-5-10;10-5-6-14-8-4-2-1-3-7(8)9(11,12)13;1-2-7(9)3-5-8-6-4-7;7-5-1-3-6(4-2-5)8(9)10;1-5-6(2,3)4;/h1,3-10H,11-16H2;1,3-6,21H,7-12H2;18H,7-8,10-11H2,1-6H3;4-7H2,1-3H3;11-12H,4-5,7-8H2,1-3H3;1-4H,5-6H2;1,8-9H,3-6H2;1-4H;1H,2-4H3;1H. The summed E-state index contributed by atoms with van der Waals surface area (Å²) in [6.07, 6.45) is 14.1. The number of non-ortho nitro benzene ring substituents is 2. The number of carbonyl (C=O) groups excluding carboxylic acids is 3. The number of nitrogens with zero attached hydrogens (tertiary/aromatic N) is 6. The number of nitro groups is 2. The lowest BCUT2D eigenvalue weighted by Crippen LogP contribution is -2.48. The zero-order valence-electron chi connectivity index (χ0n) is 82.4. The van der Waals surface area contributed by atoms with Crippen molar-refractivity contribution in [2.24, 2.45) is 0 Å². The third-order valence-corrected chi connectivity index (χ3v) is 23.6. The van der Waals surface area contributed by atoms with Gasteiger partial charge in [-0.1, -0.05) is 141 Å². The van der Waals surface area contributed by atoms with Gasteiger partial charge >= 0.3 is 30.7 Å². The molecule has 25 nitrogen and oxygen atoms in total. The predicted octanol–water partition coefficient (Wildman–Crippen LogP) is 19.1. The first kappa shape index (κ1) is 126. The Labute approximate surface area is 835 Å². The van der Waals surface area contributed by atoms with Gasteiger partial charge in [0.15, 0.2) is 5.60 Å². The third-order valence-electron chi connectivity index (χ3n) is 20.6. The molecule has 0 unspecified atom stereocenters. The molecule has 6 N–H and O–H groups in total. The highest BCUT2D eigenvalue weighted by Gasteiger charge is 2.41. The highest BCUT2D eigenvalue weighted by molar-refractivity contribution is 9.09. The van der Waals surface area contributed by atoms with Crippen LogP contribution in [0.2, 0.25) is 58.9 Å². The fourth-order valence-electron chi connectivity index (χ4n) is 12.7. The Morgan fingerprint density at radius 3 is 1.07 bits per heavy atom. The summed E-state index contributed by atoms with van der Waals surface area (Å²) in [6.45, 7) is 39.8. The van der Waals surface area contributed by atoms with Gasteiger partial charge in [0.05, 0.1) is 33.1 Å². The third kappa shape index (κ3) is 51.7. The molecule has 5 aromatic carbocycles. The number of aliphatic hydroxyl groups is 4. The van der Waals surface area contributed by atoms with Crippen LogP contribution in [0.4, 0.5) is 64.9 Å². The van der Waals surface area contributed by atoms with E-state index in [1.807, 2.05) is 51.3 Å². The number of likely N-dealkylation sites (tertiary alicyclic amines) is 4. The van der Waals surface area contributed by atoms with Gasteiger partial charge in [-0.2, -0.15) is 39.5 Å². The molecule has 774 valence electrons. The van der Waals surface area contributed by atoms with Gasteiger partial charge < -0.3 is 69.3 Å². The SMILES string of the molecule is C#CC1(O)CCN(CCOc2ccccc2C(F)(F)F)CC1.C#CC1(O)CCNCC1.C#CC1(Oc2ccc([N+](=O)[O-])cc2)CCN(CCOc2ccccc2C(F)(F)F)CC1.C#C[Si](C)(C)C.CC(C)(C)OC(=O)N1CCC(=O)CC1.CC(C)(C)OC(=O)N1CCC(O)(C#C[Si](C)(C)C)CC1.C[Si](C)(C)C#CC1(O)CCNCC1.Cl.FC(F)(F)c1ccccc1OCCBr.O=[N+]([O-])c1ccc(F)cc1. The molecular weight excluding hydrogens is 1970 g/mol. The van der Waals surface area contributed by atoms with E-state index in [9.17, 15) is 98.9 Å². The number of terminal acetylenes is 4. The number of amides is 2. The Balaban J connectivity index is 0.000000551. The summed E-state index contributed by atoms with van der Waals surface area (Å²) in [4.78, 5) is 61.4. The van der Waals surface area contributed by atoms with Crippen LogP contribution in [0.25, 0.3) is 0 Å². The number of Topliss-reactive ketones (excluding diaryl/α,β-unsaturated/α-hetero) is 1. The number of nitro benzene ring substituents is 2. The molecular formula is C100H136BrClF10N8O17Si3. The molecule has 6 heterocycles. The normalized spacial score (nSPS) is 17.0. The molecule has 40 heteroatoms. The highest BCUT2D eigenvalue weighted by Crippen LogP contribution is 2.40. The van der Waals surface area contributed by atoms with Crippen molar-refractivity contribution < 1.29 is 117 Å². The number of hydrogen-bond donors (Lipinski definition) is 6. The van der Waals surface area contributed by atoms with Gasteiger partial charge in [0.1, 0.15) is 106 Å². The summed E-state index contributed by atoms with van der Waals surface area (Å²) >= 11 is 3.08. The van der Waals surface area contributed by atoms with E-state index in [-0.39, 0.29) is 78.8 Å². The van der Waals surface area contributed by atoms with Crippen molar-refractivity contribution in [3.05, 3.63) is 164 Å². The smallest absolute Gasteiger partial charge is 0.419 e. The first-order chi connectivity index (χ1) is 64.3. The topological polar surface area (TPSA) is 311 Å². The van der Waals surface area contributed by atoms with E-state index in [2.05, 4.69) is 132 Å². The minimum atomic E-state index is -4.47. The summed E-state index contributed by atoms with van der Waals surface area (Å²) in [5.74, 6) is 13.3. The number of alkyl halides is 10. The van der Waals surface area contributed by atoms with Gasteiger partial charge in [0, 0.05) is 146 Å². The van der Waals surface area contributed by atoms with E-state index in [1.165, 1.54) is 78.9 Å². The lowest BCUT2D eigenvalue weighted by Gasteiger charge is -2.38. The Kier molecular flexibility index (Phi) is 52.2. The van der Waals surface area contributed by atoms with Crippen LogP contribution in [0.1, 0.15) is 135 Å². The zero-order valence-corrected chi connectivity index (χ0v) is 87.8. The van der Waals surface area contributed by atoms with Crippen LogP contribution in [0.3, 0.4) is 0 Å². The first-order valence-electron chi connectivity index (χ1n) is 45.3. The van der Waals surface area contributed by atoms with E-state index < -0.39 is 114 Å². The number of hydrogen-bond acceptors (Lipinski definition) is 21. The molecule has 0 aromatic heterocycles. The van der Waals surface area contributed by atoms with Crippen LogP contribution >= 0.6 is 28.3 Å². The molecule has 6 fully saturated rings. The van der Waals surface area contributed by atoms with E-state index in [1.54, 1.807) is 9.80 Å². The maximum absolute atomic E-state index is 13.0. The van der Waals surface area contributed by atoms with Crippen LogP contribution in [-0.2, 0) is 32.8 Å². The molecule has 6 aliphatic rings. The lowest BCUT2D eigenvalue weighted by atomic mass is 9.92. The van der Waals surface area contributed by atoms with Gasteiger partial charge in [-0.3, -0.25) is 34.8 Å². The first-order valence-corrected chi connectivity index (χ1v) is 57.0. The molecule has 2 amide bonds. The van der Waals surface area contributed by atoms with Crippen molar-refractivity contribution in [1.82, 2.24) is 30.2 Å². The summed E-state index contributed by atoms with van der Waals surface area (Å²) in [5, 5.41) is 67.4. The molecule has 0 saturated carbocycles. The largest absolute Gasteiger partial charge is 0.492 e. The fraction of sp³-hybridized carbons (Fsp3) is 0.550. The van der Waals surface area contributed by atoms with Crippen LogP contribution in [-0.4, -0.2) is 248 Å². The maximum Gasteiger partial charge on any atom is 0.419 e. The summed E-state index contributed by atoms with van der Waals surface area (Å²) < 4.78 is 159. The molecule has 5 aromatic rings. The molecule has 6 aliphatic heterocycles. The van der Waals surface area contributed by atoms with Gasteiger partial charge in [0.2, 0.25) is 0 Å². The highest BCUT2D eigenvalue weighted by atomic mass is 79.9. The number of carbonyl (C=O) groups is 3. The summed E-state index contributed by atoms with van der Waals surface area (Å²) in [5.41, 5.74) is 1.47. The minimum absolute atomic E-state index is 0. The number of halogens is 12. The number of ketones is 1. The summed E-state index contributed by atoms with van der Waals surface area (Å²) in [6, 6.07) is 25.5. The van der Waals surface area contributed by atoms with E-state index in [4.69, 9.17) is 54.1 Å². The average molecular weight is 2110 g/mol. The monoisotopic (exact) mass is 2110 g/mol. The van der Waals surface area contributed by atoms with E-state index >= 15 is 0 Å². The van der Waals surface area contributed by atoms with Crippen molar-refractivity contribution in [2.45, 2.75) is 235 Å². The second-order valence-corrected chi connectivity index (χ2v) is 53.5. The number of ether oxygens (including phenoxy) is 6. The molecule has 11 rings (SSSR count). The van der Waals surface area contributed by atoms with Crippen molar-refractivity contribution in [2.75, 3.05) is 117 Å². The number of benzene rings is 5. The number of piperidine rings is 6. The molecule has 0 aliphatic carbocycles. The number of nitrogens with one attached hydrogen (secondary N) is 2. The van der Waals surface area contributed by atoms with Gasteiger partial charge in [0.25, 0.3) is 11.4 Å². The Morgan fingerprint density at radius 1 is 0.457 bits per heavy atom. The van der Waals surface area contributed by atoms with Gasteiger partial charge in [-0.05, 0) is 154 Å². The lowest BCUT2D eigenvalue weighted by molar-refractivity contribution is -0.385. The van der Waals surface area contributed by atoms with Gasteiger partial charge in [-0.25, -0.2) is 14.0 Å². The quantitative estimate of drug-likeness (QED) is 0.0142. The summed E-state index contributed by atoms with van der Waals surface area (Å²) in [7, 11) is -3.92. The van der Waals surface area contributed by atoms with Crippen molar-refractivity contribution in [3.63, 3.8) is 0 Å². The fourth-order valence-corrected chi connectivity index (χ4v) is 14.0. The molecule has 0 atom stereocenters. The molecule has 140 heavy (non-hydrogen) atoms. The van der Waals surface area contributed by atoms with Crippen LogP contribution in [0, 0.1) is 98.0 Å². The molecule has 0 bridgehead atoms. The number of rotatable bonds is 15. The van der Waals surface area contributed by atoms with E-state index in [0.29, 0.717) is 141 Å². The zero-order chi connectivity index (χ0) is 105. The van der Waals surface area contributed by atoms with Crippen molar-refractivity contribution in [3.8, 4) is 94.9 Å². The molecule has 0 radical (unpaired) electrons. The maximum atomic E-state index is 13.0. The average Bonchev–Trinajstić information content (AvgIpc) is 0.813. The minimum Gasteiger partial charge on any atom is -0.492 e. The van der Waals surface area contributed by atoms with Gasteiger partial charge in [-0.15, -0.1) is 54.7 Å². The van der Waals surface area contributed by atoms with Crippen LogP contribution in [0.5, 0.6) is 23.0 Å². The predicted molar refractivity (Wildman–Crippen MR) is 537 cm³/mol. The van der Waals surface area contributed by atoms with Crippen LogP contribution < -0.4 is 29.6 Å². The molecule has 6 saturated heterocycles. The Morgan fingerprint density at radius 2 is 0.764 bits per heavy atom. The Bertz CT molecular complexity index is 4980. The van der Waals surface area contributed by atoms with Crippen LogP contribution in [0.15, 0.2) is 121 Å².